The normalized spacial score (nSPS) is 14.7. The lowest BCUT2D eigenvalue weighted by atomic mass is 10.1. The SMILES string of the molecule is Cc1nn(-c2ccc3nnc(C)n3n2)c(C)c1CCC(=O)N1CCN(Cc2cccc(Br)c2)CC1. The molecule has 1 fully saturated rings. The maximum atomic E-state index is 13.0. The van der Waals surface area contributed by atoms with Crippen molar-refractivity contribution in [3.63, 3.8) is 0 Å². The fourth-order valence-electron chi connectivity index (χ4n) is 4.70. The second-order valence-corrected chi connectivity index (χ2v) is 9.97. The molecule has 0 spiro atoms. The van der Waals surface area contributed by atoms with Crippen LogP contribution < -0.4 is 0 Å². The van der Waals surface area contributed by atoms with Crippen molar-refractivity contribution < 1.29 is 4.79 Å². The largest absolute Gasteiger partial charge is 0.340 e. The van der Waals surface area contributed by atoms with Crippen molar-refractivity contribution in [1.82, 2.24) is 39.4 Å². The van der Waals surface area contributed by atoms with Crippen molar-refractivity contribution >= 4 is 27.5 Å². The molecule has 0 unspecified atom stereocenters. The minimum atomic E-state index is 0.207. The lowest BCUT2D eigenvalue weighted by Crippen LogP contribution is -2.48. The molecule has 0 saturated carbocycles. The number of carbonyl (C=O) groups excluding carboxylic acids is 1. The van der Waals surface area contributed by atoms with Gasteiger partial charge in [0.1, 0.15) is 0 Å². The van der Waals surface area contributed by atoms with E-state index in [-0.39, 0.29) is 5.91 Å². The molecule has 5 rings (SSSR count). The standard InChI is InChI=1S/C25H29BrN8O/c1-17-22(18(2)33(29-17)24-9-8-23-28-27-19(3)34(23)30-24)7-10-25(35)32-13-11-31(12-14-32)16-20-5-4-6-21(26)15-20/h4-6,8-9,15H,7,10-14,16H2,1-3H3. The van der Waals surface area contributed by atoms with Crippen LogP contribution in [0.25, 0.3) is 11.5 Å². The first-order valence-electron chi connectivity index (χ1n) is 11.9. The Hall–Kier alpha value is -3.11. The van der Waals surface area contributed by atoms with Crippen molar-refractivity contribution in [3.8, 4) is 5.82 Å². The molecule has 0 N–H and O–H groups in total. The van der Waals surface area contributed by atoms with E-state index in [0.29, 0.717) is 24.3 Å². The van der Waals surface area contributed by atoms with E-state index in [1.165, 1.54) is 5.56 Å². The quantitative estimate of drug-likeness (QED) is 0.376. The average Bonchev–Trinajstić information content (AvgIpc) is 3.36. The second-order valence-electron chi connectivity index (χ2n) is 9.06. The molecule has 1 amide bonds. The Kier molecular flexibility index (Phi) is 6.66. The van der Waals surface area contributed by atoms with E-state index in [1.54, 1.807) is 4.52 Å². The van der Waals surface area contributed by atoms with Gasteiger partial charge in [0.15, 0.2) is 17.3 Å². The van der Waals surface area contributed by atoms with Gasteiger partial charge in [0, 0.05) is 49.3 Å². The number of piperazine rings is 1. The highest BCUT2D eigenvalue weighted by molar-refractivity contribution is 9.10. The molecule has 35 heavy (non-hydrogen) atoms. The third-order valence-electron chi connectivity index (χ3n) is 6.67. The summed E-state index contributed by atoms with van der Waals surface area (Å²) in [5, 5.41) is 17.5. The van der Waals surface area contributed by atoms with Crippen LogP contribution in [0.4, 0.5) is 0 Å². The molecule has 3 aromatic heterocycles. The van der Waals surface area contributed by atoms with E-state index in [4.69, 9.17) is 5.10 Å². The summed E-state index contributed by atoms with van der Waals surface area (Å²) in [7, 11) is 0. The molecule has 182 valence electrons. The Morgan fingerprint density at radius 1 is 1.00 bits per heavy atom. The number of hydrogen-bond donors (Lipinski definition) is 0. The fourth-order valence-corrected chi connectivity index (χ4v) is 5.14. The van der Waals surface area contributed by atoms with Crippen LogP contribution in [-0.4, -0.2) is 71.5 Å². The van der Waals surface area contributed by atoms with E-state index in [9.17, 15) is 4.79 Å². The predicted octanol–water partition coefficient (Wildman–Crippen LogP) is 3.27. The molecule has 0 atom stereocenters. The van der Waals surface area contributed by atoms with Gasteiger partial charge in [-0.3, -0.25) is 9.69 Å². The first-order valence-corrected chi connectivity index (χ1v) is 12.7. The third kappa shape index (κ3) is 4.99. The lowest BCUT2D eigenvalue weighted by Gasteiger charge is -2.35. The summed E-state index contributed by atoms with van der Waals surface area (Å²) in [6.45, 7) is 10.1. The number of halogens is 1. The van der Waals surface area contributed by atoms with Crippen LogP contribution in [0, 0.1) is 20.8 Å². The van der Waals surface area contributed by atoms with Gasteiger partial charge < -0.3 is 4.90 Å². The summed E-state index contributed by atoms with van der Waals surface area (Å²) in [6, 6.07) is 12.2. The minimum Gasteiger partial charge on any atom is -0.340 e. The van der Waals surface area contributed by atoms with Crippen molar-refractivity contribution in [2.75, 3.05) is 26.2 Å². The number of fused-ring (bicyclic) bond motifs is 1. The highest BCUT2D eigenvalue weighted by Crippen LogP contribution is 2.20. The average molecular weight is 537 g/mol. The molecule has 1 aromatic carbocycles. The first-order chi connectivity index (χ1) is 16.9. The number of aryl methyl sites for hydroxylation is 2. The van der Waals surface area contributed by atoms with E-state index in [2.05, 4.69) is 54.3 Å². The number of aromatic nitrogens is 6. The monoisotopic (exact) mass is 536 g/mol. The van der Waals surface area contributed by atoms with E-state index in [1.807, 2.05) is 48.6 Å². The maximum Gasteiger partial charge on any atom is 0.222 e. The predicted molar refractivity (Wildman–Crippen MR) is 136 cm³/mol. The second kappa shape index (κ2) is 9.87. The third-order valence-corrected chi connectivity index (χ3v) is 7.17. The molecule has 0 aliphatic carbocycles. The van der Waals surface area contributed by atoms with Gasteiger partial charge in [-0.05, 0) is 62.6 Å². The van der Waals surface area contributed by atoms with Crippen molar-refractivity contribution in [3.05, 3.63) is 69.2 Å². The number of nitrogens with zero attached hydrogens (tertiary/aromatic N) is 8. The Balaban J connectivity index is 1.19. The van der Waals surface area contributed by atoms with Crippen molar-refractivity contribution in [2.24, 2.45) is 0 Å². The van der Waals surface area contributed by atoms with E-state index < -0.39 is 0 Å². The van der Waals surface area contributed by atoms with E-state index >= 15 is 0 Å². The number of carbonyl (C=O) groups is 1. The molecule has 4 aromatic rings. The fraction of sp³-hybridized carbons (Fsp3) is 0.400. The summed E-state index contributed by atoms with van der Waals surface area (Å²) in [5.41, 5.74) is 5.03. The van der Waals surface area contributed by atoms with Crippen LogP contribution in [0.2, 0.25) is 0 Å². The van der Waals surface area contributed by atoms with Crippen LogP contribution in [0.15, 0.2) is 40.9 Å². The molecule has 9 nitrogen and oxygen atoms in total. The zero-order chi connectivity index (χ0) is 24.5. The molecule has 1 aliphatic heterocycles. The van der Waals surface area contributed by atoms with Gasteiger partial charge in [-0.1, -0.05) is 28.1 Å². The van der Waals surface area contributed by atoms with Gasteiger partial charge >= 0.3 is 0 Å². The van der Waals surface area contributed by atoms with Gasteiger partial charge in [0.25, 0.3) is 0 Å². The highest BCUT2D eigenvalue weighted by atomic mass is 79.9. The number of benzene rings is 1. The summed E-state index contributed by atoms with van der Waals surface area (Å²) >= 11 is 3.54. The zero-order valence-electron chi connectivity index (χ0n) is 20.3. The Labute approximate surface area is 212 Å². The Morgan fingerprint density at radius 3 is 2.57 bits per heavy atom. The first kappa shape index (κ1) is 23.6. The smallest absolute Gasteiger partial charge is 0.222 e. The van der Waals surface area contributed by atoms with Crippen LogP contribution in [0.3, 0.4) is 0 Å². The van der Waals surface area contributed by atoms with Crippen LogP contribution >= 0.6 is 15.9 Å². The molecule has 0 bridgehead atoms. The van der Waals surface area contributed by atoms with Crippen LogP contribution in [-0.2, 0) is 17.8 Å². The molecule has 1 saturated heterocycles. The van der Waals surface area contributed by atoms with Crippen LogP contribution in [0.5, 0.6) is 0 Å². The van der Waals surface area contributed by atoms with E-state index in [0.717, 1.165) is 60.0 Å². The van der Waals surface area contributed by atoms with Crippen LogP contribution in [0.1, 0.15) is 34.8 Å². The van der Waals surface area contributed by atoms with Gasteiger partial charge in [0.05, 0.1) is 5.69 Å². The van der Waals surface area contributed by atoms with Gasteiger partial charge in [0.2, 0.25) is 5.91 Å². The number of hydrogen-bond acceptors (Lipinski definition) is 6. The molecule has 10 heteroatoms. The molecule has 4 heterocycles. The van der Waals surface area contributed by atoms with Gasteiger partial charge in [-0.15, -0.1) is 15.3 Å². The van der Waals surface area contributed by atoms with Gasteiger partial charge in [-0.25, -0.2) is 4.68 Å². The summed E-state index contributed by atoms with van der Waals surface area (Å²) in [4.78, 5) is 17.4. The Morgan fingerprint density at radius 2 is 1.80 bits per heavy atom. The summed E-state index contributed by atoms with van der Waals surface area (Å²) < 4.78 is 4.66. The molecule has 0 radical (unpaired) electrons. The number of amides is 1. The lowest BCUT2D eigenvalue weighted by molar-refractivity contribution is -0.133. The Bertz CT molecular complexity index is 1370. The molecular formula is C25H29BrN8O. The summed E-state index contributed by atoms with van der Waals surface area (Å²) in [6.07, 6.45) is 1.15. The molecule has 1 aliphatic rings. The number of rotatable bonds is 6. The zero-order valence-corrected chi connectivity index (χ0v) is 21.9. The summed E-state index contributed by atoms with van der Waals surface area (Å²) in [5.74, 6) is 1.64. The minimum absolute atomic E-state index is 0.207. The maximum absolute atomic E-state index is 13.0. The topological polar surface area (TPSA) is 84.4 Å². The van der Waals surface area contributed by atoms with Crippen molar-refractivity contribution in [1.29, 1.82) is 0 Å². The van der Waals surface area contributed by atoms with Crippen molar-refractivity contribution in [2.45, 2.75) is 40.2 Å². The highest BCUT2D eigenvalue weighted by Gasteiger charge is 2.22. The van der Waals surface area contributed by atoms with Gasteiger partial charge in [-0.2, -0.15) is 9.61 Å². The molecular weight excluding hydrogens is 508 g/mol.